The molecule has 0 saturated carbocycles. The molecule has 1 aliphatic heterocycles. The second kappa shape index (κ2) is 5.22. The van der Waals surface area contributed by atoms with Crippen molar-refractivity contribution in [2.45, 2.75) is 32.9 Å². The fraction of sp³-hybridized carbons (Fsp3) is 0.353. The minimum atomic E-state index is -0.274. The topological polar surface area (TPSA) is 66.8 Å². The Kier molecular flexibility index (Phi) is 3.18. The number of H-pyrrole nitrogens is 1. The van der Waals surface area contributed by atoms with Crippen molar-refractivity contribution < 1.29 is 4.79 Å². The van der Waals surface area contributed by atoms with E-state index in [0.29, 0.717) is 6.54 Å². The smallest absolute Gasteiger partial charge is 0.245 e. The van der Waals surface area contributed by atoms with E-state index < -0.39 is 0 Å². The molecule has 4 rings (SSSR count). The molecule has 0 spiro atoms. The molecule has 6 nitrogen and oxygen atoms in total. The van der Waals surface area contributed by atoms with Crippen LogP contribution in [0.2, 0.25) is 0 Å². The summed E-state index contributed by atoms with van der Waals surface area (Å²) < 4.78 is 1.98. The van der Waals surface area contributed by atoms with E-state index in [1.54, 1.807) is 0 Å². The van der Waals surface area contributed by atoms with E-state index >= 15 is 0 Å². The van der Waals surface area contributed by atoms with Crippen LogP contribution in [0, 0.1) is 0 Å². The van der Waals surface area contributed by atoms with Crippen LogP contribution < -0.4 is 0 Å². The third-order valence-electron chi connectivity index (χ3n) is 4.48. The number of fused-ring (bicyclic) bond motifs is 2. The predicted molar refractivity (Wildman–Crippen MR) is 87.7 cm³/mol. The normalized spacial score (nSPS) is 17.7. The average molecular weight is 309 g/mol. The molecule has 118 valence electrons. The summed E-state index contributed by atoms with van der Waals surface area (Å²) in [5, 5.41) is 9.82. The lowest BCUT2D eigenvalue weighted by Gasteiger charge is -2.31. The molecule has 3 aromatic rings. The Balaban J connectivity index is 1.83. The van der Waals surface area contributed by atoms with Crippen molar-refractivity contribution in [1.29, 1.82) is 0 Å². The van der Waals surface area contributed by atoms with E-state index in [0.717, 1.165) is 41.1 Å². The summed E-state index contributed by atoms with van der Waals surface area (Å²) in [6.07, 6.45) is 2.89. The van der Waals surface area contributed by atoms with Crippen molar-refractivity contribution in [1.82, 2.24) is 24.6 Å². The molecule has 1 aromatic carbocycles. The molecular formula is C17H19N5O. The molecule has 0 radical (unpaired) electrons. The number of aromatic nitrogens is 4. The van der Waals surface area contributed by atoms with Crippen LogP contribution in [0.3, 0.4) is 0 Å². The summed E-state index contributed by atoms with van der Waals surface area (Å²) in [6, 6.07) is 7.82. The summed E-state index contributed by atoms with van der Waals surface area (Å²) in [7, 11) is 0. The number of nitrogens with zero attached hydrogens (tertiary/aromatic N) is 4. The lowest BCUT2D eigenvalue weighted by Crippen LogP contribution is -2.42. The number of carbonyl (C=O) groups is 1. The highest BCUT2D eigenvalue weighted by Gasteiger charge is 2.33. The number of amides is 1. The number of carbonyl (C=O) groups excluding carboxylic acids is 1. The molecule has 1 N–H and O–H groups in total. The molecule has 1 aliphatic rings. The standard InChI is InChI=1S/C17H19N5O/c1-3-8-21-10-15-19-20-16(22(15)11(2)17(21)23)13-9-18-14-7-5-4-6-12(13)14/h4-7,9,11,18H,3,8,10H2,1-2H3/t11-/m1/s1. The summed E-state index contributed by atoms with van der Waals surface area (Å²) in [5.41, 5.74) is 2.05. The molecule has 1 amide bonds. The highest BCUT2D eigenvalue weighted by atomic mass is 16.2. The minimum absolute atomic E-state index is 0.139. The van der Waals surface area contributed by atoms with Crippen molar-refractivity contribution in [3.8, 4) is 11.4 Å². The van der Waals surface area contributed by atoms with E-state index in [9.17, 15) is 4.79 Å². The first kappa shape index (κ1) is 14.0. The molecule has 0 unspecified atom stereocenters. The maximum Gasteiger partial charge on any atom is 0.245 e. The molecule has 3 heterocycles. The Morgan fingerprint density at radius 1 is 1.30 bits per heavy atom. The Labute approximate surface area is 134 Å². The Hall–Kier alpha value is -2.63. The van der Waals surface area contributed by atoms with Gasteiger partial charge in [0.15, 0.2) is 11.6 Å². The van der Waals surface area contributed by atoms with Crippen LogP contribution in [0.25, 0.3) is 22.3 Å². The van der Waals surface area contributed by atoms with Gasteiger partial charge in [-0.25, -0.2) is 0 Å². The number of hydrogen-bond donors (Lipinski definition) is 1. The zero-order chi connectivity index (χ0) is 16.0. The number of para-hydroxylation sites is 1. The van der Waals surface area contributed by atoms with Gasteiger partial charge < -0.3 is 9.88 Å². The quantitative estimate of drug-likeness (QED) is 0.809. The first-order valence-electron chi connectivity index (χ1n) is 7.99. The van der Waals surface area contributed by atoms with Crippen molar-refractivity contribution >= 4 is 16.8 Å². The fourth-order valence-corrected chi connectivity index (χ4v) is 3.36. The van der Waals surface area contributed by atoms with Crippen LogP contribution >= 0.6 is 0 Å². The van der Waals surface area contributed by atoms with E-state index in [4.69, 9.17) is 0 Å². The van der Waals surface area contributed by atoms with Gasteiger partial charge in [0.05, 0.1) is 6.54 Å². The maximum absolute atomic E-state index is 12.6. The van der Waals surface area contributed by atoms with Crippen molar-refractivity contribution in [3.63, 3.8) is 0 Å². The Bertz CT molecular complexity index is 878. The fourth-order valence-electron chi connectivity index (χ4n) is 3.36. The average Bonchev–Trinajstić information content (AvgIpc) is 3.16. The third-order valence-corrected chi connectivity index (χ3v) is 4.48. The second-order valence-corrected chi connectivity index (χ2v) is 5.99. The van der Waals surface area contributed by atoms with Crippen LogP contribution in [0.4, 0.5) is 0 Å². The van der Waals surface area contributed by atoms with Gasteiger partial charge in [-0.15, -0.1) is 10.2 Å². The Morgan fingerprint density at radius 2 is 2.13 bits per heavy atom. The summed E-state index contributed by atoms with van der Waals surface area (Å²) >= 11 is 0. The predicted octanol–water partition coefficient (Wildman–Crippen LogP) is 2.74. The van der Waals surface area contributed by atoms with Gasteiger partial charge in [-0.3, -0.25) is 9.36 Å². The molecule has 0 saturated heterocycles. The zero-order valence-corrected chi connectivity index (χ0v) is 13.3. The number of nitrogens with one attached hydrogen (secondary N) is 1. The van der Waals surface area contributed by atoms with Crippen LogP contribution in [0.5, 0.6) is 0 Å². The second-order valence-electron chi connectivity index (χ2n) is 5.99. The number of aromatic amines is 1. The van der Waals surface area contributed by atoms with Gasteiger partial charge >= 0.3 is 0 Å². The van der Waals surface area contributed by atoms with Crippen molar-refractivity contribution in [2.24, 2.45) is 0 Å². The lowest BCUT2D eigenvalue weighted by atomic mass is 10.1. The number of rotatable bonds is 3. The van der Waals surface area contributed by atoms with Crippen LogP contribution in [-0.2, 0) is 11.3 Å². The van der Waals surface area contributed by atoms with E-state index in [1.165, 1.54) is 0 Å². The molecule has 1 atom stereocenters. The molecule has 0 bridgehead atoms. The van der Waals surface area contributed by atoms with Crippen LogP contribution in [0.15, 0.2) is 30.5 Å². The maximum atomic E-state index is 12.6. The lowest BCUT2D eigenvalue weighted by molar-refractivity contribution is -0.136. The highest BCUT2D eigenvalue weighted by molar-refractivity contribution is 5.94. The highest BCUT2D eigenvalue weighted by Crippen LogP contribution is 2.32. The summed E-state index contributed by atoms with van der Waals surface area (Å²) in [5.74, 6) is 1.75. The molecule has 0 fully saturated rings. The third kappa shape index (κ3) is 2.05. The van der Waals surface area contributed by atoms with Gasteiger partial charge in [-0.1, -0.05) is 25.1 Å². The minimum Gasteiger partial charge on any atom is -0.360 e. The van der Waals surface area contributed by atoms with Crippen LogP contribution in [0.1, 0.15) is 32.1 Å². The number of hydrogen-bond acceptors (Lipinski definition) is 3. The van der Waals surface area contributed by atoms with Gasteiger partial charge in [-0.05, 0) is 19.4 Å². The van der Waals surface area contributed by atoms with Crippen LogP contribution in [-0.4, -0.2) is 37.1 Å². The van der Waals surface area contributed by atoms with E-state index in [1.807, 2.05) is 40.8 Å². The van der Waals surface area contributed by atoms with E-state index in [2.05, 4.69) is 28.2 Å². The SMILES string of the molecule is CCCN1Cc2nnc(-c3c[nH]c4ccccc34)n2[C@H](C)C1=O. The monoisotopic (exact) mass is 309 g/mol. The van der Waals surface area contributed by atoms with Gasteiger partial charge in [0.1, 0.15) is 6.04 Å². The molecule has 6 heteroatoms. The largest absolute Gasteiger partial charge is 0.360 e. The van der Waals surface area contributed by atoms with E-state index in [-0.39, 0.29) is 11.9 Å². The van der Waals surface area contributed by atoms with Crippen molar-refractivity contribution in [2.75, 3.05) is 6.54 Å². The first-order chi connectivity index (χ1) is 11.2. The zero-order valence-electron chi connectivity index (χ0n) is 13.3. The molecule has 2 aromatic heterocycles. The molecule has 0 aliphatic carbocycles. The summed E-state index contributed by atoms with van der Waals surface area (Å²) in [4.78, 5) is 17.7. The molecular weight excluding hydrogens is 290 g/mol. The van der Waals surface area contributed by atoms with Gasteiger partial charge in [-0.2, -0.15) is 0 Å². The van der Waals surface area contributed by atoms with Crippen molar-refractivity contribution in [3.05, 3.63) is 36.3 Å². The first-order valence-corrected chi connectivity index (χ1v) is 7.99. The van der Waals surface area contributed by atoms with Gasteiger partial charge in [0.2, 0.25) is 5.91 Å². The Morgan fingerprint density at radius 3 is 2.96 bits per heavy atom. The molecule has 23 heavy (non-hydrogen) atoms. The van der Waals surface area contributed by atoms with Gasteiger partial charge in [0.25, 0.3) is 0 Å². The number of benzene rings is 1. The summed E-state index contributed by atoms with van der Waals surface area (Å²) in [6.45, 7) is 5.30. The van der Waals surface area contributed by atoms with Gasteiger partial charge in [0, 0.05) is 29.2 Å².